The van der Waals surface area contributed by atoms with E-state index in [0.29, 0.717) is 13.0 Å². The molecule has 0 bridgehead atoms. The molecule has 1 aromatic carbocycles. The van der Waals surface area contributed by atoms with E-state index in [4.69, 9.17) is 10.5 Å². The number of hydrogen-bond donors (Lipinski definition) is 2. The van der Waals surface area contributed by atoms with Crippen molar-refractivity contribution in [2.24, 2.45) is 5.73 Å². The number of carbonyl (C=O) groups excluding carboxylic acids is 1. The number of aryl methyl sites for hydroxylation is 1. The first kappa shape index (κ1) is 15.7. The van der Waals surface area contributed by atoms with Crippen LogP contribution in [0, 0.1) is 0 Å². The van der Waals surface area contributed by atoms with Crippen LogP contribution in [-0.2, 0) is 16.0 Å². The van der Waals surface area contributed by atoms with Crippen molar-refractivity contribution in [1.29, 1.82) is 0 Å². The van der Waals surface area contributed by atoms with Crippen LogP contribution in [0.25, 0.3) is 0 Å². The van der Waals surface area contributed by atoms with E-state index in [2.05, 4.69) is 5.32 Å². The van der Waals surface area contributed by atoms with Crippen molar-refractivity contribution in [3.05, 3.63) is 29.8 Å². The van der Waals surface area contributed by atoms with Crippen LogP contribution in [0.1, 0.15) is 32.3 Å². The van der Waals surface area contributed by atoms with Gasteiger partial charge in [-0.3, -0.25) is 4.79 Å². The highest BCUT2D eigenvalue weighted by atomic mass is 16.5. The molecule has 19 heavy (non-hydrogen) atoms. The Morgan fingerprint density at radius 1 is 1.47 bits per heavy atom. The van der Waals surface area contributed by atoms with Gasteiger partial charge in [0.1, 0.15) is 5.60 Å². The average molecular weight is 264 g/mol. The number of nitrogens with two attached hydrogens (primary N) is 1. The fraction of sp³-hybridized carbons (Fsp3) is 0.533. The summed E-state index contributed by atoms with van der Waals surface area (Å²) in [5.41, 5.74) is 6.70. The molecule has 0 saturated heterocycles. The van der Waals surface area contributed by atoms with Gasteiger partial charge in [-0.1, -0.05) is 19.1 Å². The molecule has 0 aliphatic carbocycles. The van der Waals surface area contributed by atoms with E-state index < -0.39 is 5.60 Å². The van der Waals surface area contributed by atoms with E-state index in [1.165, 1.54) is 5.56 Å². The van der Waals surface area contributed by atoms with E-state index in [1.807, 2.05) is 31.2 Å². The highest BCUT2D eigenvalue weighted by Crippen LogP contribution is 2.18. The zero-order valence-electron chi connectivity index (χ0n) is 12.0. The molecular weight excluding hydrogens is 240 g/mol. The Bertz CT molecular complexity index is 414. The van der Waals surface area contributed by atoms with Crippen molar-refractivity contribution < 1.29 is 9.53 Å². The third-order valence-corrected chi connectivity index (χ3v) is 3.46. The molecule has 1 amide bonds. The fourth-order valence-electron chi connectivity index (χ4n) is 1.77. The van der Waals surface area contributed by atoms with Gasteiger partial charge in [0.25, 0.3) is 5.91 Å². The first-order valence-corrected chi connectivity index (χ1v) is 6.71. The van der Waals surface area contributed by atoms with Gasteiger partial charge < -0.3 is 15.8 Å². The van der Waals surface area contributed by atoms with Gasteiger partial charge in [-0.05, 0) is 50.4 Å². The van der Waals surface area contributed by atoms with Crippen LogP contribution >= 0.6 is 0 Å². The molecule has 4 nitrogen and oxygen atoms in total. The third-order valence-electron chi connectivity index (χ3n) is 3.46. The quantitative estimate of drug-likeness (QED) is 0.794. The fourth-order valence-corrected chi connectivity index (χ4v) is 1.77. The van der Waals surface area contributed by atoms with Crippen LogP contribution in [0.15, 0.2) is 24.3 Å². The minimum atomic E-state index is -0.784. The van der Waals surface area contributed by atoms with Crippen molar-refractivity contribution >= 4 is 11.6 Å². The zero-order valence-corrected chi connectivity index (χ0v) is 12.0. The summed E-state index contributed by atoms with van der Waals surface area (Å²) < 4.78 is 5.29. The van der Waals surface area contributed by atoms with E-state index >= 15 is 0 Å². The number of ether oxygens (including phenoxy) is 1. The Hall–Kier alpha value is -1.39. The van der Waals surface area contributed by atoms with E-state index in [1.54, 1.807) is 14.0 Å². The zero-order chi connectivity index (χ0) is 14.3. The van der Waals surface area contributed by atoms with Gasteiger partial charge in [0.2, 0.25) is 0 Å². The number of amides is 1. The van der Waals surface area contributed by atoms with Gasteiger partial charge in [0.05, 0.1) is 0 Å². The molecule has 106 valence electrons. The Morgan fingerprint density at radius 2 is 2.21 bits per heavy atom. The lowest BCUT2D eigenvalue weighted by Gasteiger charge is -2.25. The molecule has 0 aliphatic rings. The number of nitrogens with one attached hydrogen (secondary N) is 1. The number of carbonyl (C=O) groups is 1. The summed E-state index contributed by atoms with van der Waals surface area (Å²) in [7, 11) is 1.56. The van der Waals surface area contributed by atoms with Crippen LogP contribution in [0.3, 0.4) is 0 Å². The molecule has 0 aliphatic heterocycles. The second-order valence-corrected chi connectivity index (χ2v) is 4.84. The maximum Gasteiger partial charge on any atom is 0.256 e. The van der Waals surface area contributed by atoms with Crippen LogP contribution in [0.2, 0.25) is 0 Å². The van der Waals surface area contributed by atoms with Gasteiger partial charge in [0, 0.05) is 12.8 Å². The van der Waals surface area contributed by atoms with E-state index in [0.717, 1.165) is 18.5 Å². The summed E-state index contributed by atoms with van der Waals surface area (Å²) >= 11 is 0. The monoisotopic (exact) mass is 264 g/mol. The summed E-state index contributed by atoms with van der Waals surface area (Å²) in [5, 5.41) is 2.91. The van der Waals surface area contributed by atoms with Gasteiger partial charge >= 0.3 is 0 Å². The summed E-state index contributed by atoms with van der Waals surface area (Å²) in [4.78, 5) is 12.2. The molecule has 0 aromatic heterocycles. The molecule has 1 atom stereocenters. The number of rotatable bonds is 7. The molecule has 1 aromatic rings. The van der Waals surface area contributed by atoms with Gasteiger partial charge in [0.15, 0.2) is 0 Å². The number of benzene rings is 1. The van der Waals surface area contributed by atoms with Crippen molar-refractivity contribution in [2.45, 2.75) is 38.7 Å². The minimum Gasteiger partial charge on any atom is -0.369 e. The average Bonchev–Trinajstić information content (AvgIpc) is 2.44. The third kappa shape index (κ3) is 4.33. The highest BCUT2D eigenvalue weighted by molar-refractivity contribution is 5.97. The van der Waals surface area contributed by atoms with E-state index in [9.17, 15) is 4.79 Å². The standard InChI is InChI=1S/C15H24N2O2/c1-4-15(2,19-3)14(18)17-13-9-5-7-12(11-13)8-6-10-16/h5,7,9,11H,4,6,8,10,16H2,1-3H3,(H,17,18). The molecule has 0 heterocycles. The first-order valence-electron chi connectivity index (χ1n) is 6.71. The van der Waals surface area contributed by atoms with Crippen LogP contribution in [0.5, 0.6) is 0 Å². The molecule has 1 unspecified atom stereocenters. The molecular formula is C15H24N2O2. The first-order chi connectivity index (χ1) is 9.05. The maximum atomic E-state index is 12.2. The number of methoxy groups -OCH3 is 1. The molecule has 0 saturated carbocycles. The summed E-state index contributed by atoms with van der Waals surface area (Å²) in [6.07, 6.45) is 2.50. The second-order valence-electron chi connectivity index (χ2n) is 4.84. The molecule has 1 rings (SSSR count). The molecule has 0 fully saturated rings. The van der Waals surface area contributed by atoms with Crippen LogP contribution in [-0.4, -0.2) is 25.2 Å². The molecule has 4 heteroatoms. The van der Waals surface area contributed by atoms with Crippen LogP contribution in [0.4, 0.5) is 5.69 Å². The lowest BCUT2D eigenvalue weighted by atomic mass is 10.0. The maximum absolute atomic E-state index is 12.2. The van der Waals surface area contributed by atoms with Crippen molar-refractivity contribution in [3.8, 4) is 0 Å². The predicted molar refractivity (Wildman–Crippen MR) is 78.2 cm³/mol. The van der Waals surface area contributed by atoms with Crippen molar-refractivity contribution in [3.63, 3.8) is 0 Å². The summed E-state index contributed by atoms with van der Waals surface area (Å²) in [6, 6.07) is 7.85. The van der Waals surface area contributed by atoms with Crippen molar-refractivity contribution in [1.82, 2.24) is 0 Å². The Balaban J connectivity index is 2.74. The van der Waals surface area contributed by atoms with Gasteiger partial charge in [-0.25, -0.2) is 0 Å². The topological polar surface area (TPSA) is 64.3 Å². The molecule has 0 radical (unpaired) electrons. The largest absolute Gasteiger partial charge is 0.369 e. The Kier molecular flexibility index (Phi) is 5.99. The van der Waals surface area contributed by atoms with Gasteiger partial charge in [-0.15, -0.1) is 0 Å². The van der Waals surface area contributed by atoms with Gasteiger partial charge in [-0.2, -0.15) is 0 Å². The number of anilines is 1. The lowest BCUT2D eigenvalue weighted by Crippen LogP contribution is -2.41. The summed E-state index contributed by atoms with van der Waals surface area (Å²) in [5.74, 6) is -0.117. The summed E-state index contributed by atoms with van der Waals surface area (Å²) in [6.45, 7) is 4.40. The molecule has 3 N–H and O–H groups in total. The normalized spacial score (nSPS) is 13.9. The smallest absolute Gasteiger partial charge is 0.256 e. The second kappa shape index (κ2) is 7.26. The Morgan fingerprint density at radius 3 is 2.79 bits per heavy atom. The van der Waals surface area contributed by atoms with E-state index in [-0.39, 0.29) is 5.91 Å². The highest BCUT2D eigenvalue weighted by Gasteiger charge is 2.30. The SMILES string of the molecule is CCC(C)(OC)C(=O)Nc1cccc(CCCN)c1. The predicted octanol–water partition coefficient (Wildman–Crippen LogP) is 2.33. The van der Waals surface area contributed by atoms with Crippen LogP contribution < -0.4 is 11.1 Å². The molecule has 0 spiro atoms. The number of hydrogen-bond acceptors (Lipinski definition) is 3. The van der Waals surface area contributed by atoms with Crippen molar-refractivity contribution in [2.75, 3.05) is 19.0 Å². The minimum absolute atomic E-state index is 0.117. The Labute approximate surface area is 115 Å². The lowest BCUT2D eigenvalue weighted by molar-refractivity contribution is -0.136.